The Balaban J connectivity index is 2.69. The summed E-state index contributed by atoms with van der Waals surface area (Å²) in [7, 11) is 1.81. The fourth-order valence-corrected chi connectivity index (χ4v) is 2.67. The lowest BCUT2D eigenvalue weighted by Gasteiger charge is -2.42. The predicted octanol–water partition coefficient (Wildman–Crippen LogP) is 2.52. The number of nitrogens with two attached hydrogens (primary N) is 1. The molecule has 0 aromatic heterocycles. The van der Waals surface area contributed by atoms with Gasteiger partial charge >= 0.3 is 0 Å². The van der Waals surface area contributed by atoms with Gasteiger partial charge in [-0.2, -0.15) is 0 Å². The van der Waals surface area contributed by atoms with Crippen LogP contribution in [0.1, 0.15) is 51.9 Å². The van der Waals surface area contributed by atoms with E-state index in [1.54, 1.807) is 0 Å². The average Bonchev–Trinajstić information content (AvgIpc) is 2.36. The quantitative estimate of drug-likeness (QED) is 0.415. The highest BCUT2D eigenvalue weighted by Crippen LogP contribution is 2.36. The summed E-state index contributed by atoms with van der Waals surface area (Å²) >= 11 is 0. The van der Waals surface area contributed by atoms with Gasteiger partial charge in [0.05, 0.1) is 11.6 Å². The fourth-order valence-electron chi connectivity index (χ4n) is 2.67. The van der Waals surface area contributed by atoms with Crippen LogP contribution in [0.15, 0.2) is 12.2 Å². The van der Waals surface area contributed by atoms with Crippen LogP contribution in [-0.4, -0.2) is 18.8 Å². The number of hydrazine groups is 1. The average molecular weight is 226 g/mol. The molecular formula is C13H26N2O. The van der Waals surface area contributed by atoms with Crippen molar-refractivity contribution in [3.05, 3.63) is 12.2 Å². The van der Waals surface area contributed by atoms with Crippen LogP contribution in [0.4, 0.5) is 0 Å². The van der Waals surface area contributed by atoms with E-state index in [2.05, 4.69) is 18.9 Å². The van der Waals surface area contributed by atoms with Crippen LogP contribution in [0.25, 0.3) is 0 Å². The molecule has 0 aliphatic heterocycles. The van der Waals surface area contributed by atoms with Crippen molar-refractivity contribution in [3.8, 4) is 0 Å². The van der Waals surface area contributed by atoms with Crippen LogP contribution < -0.4 is 11.3 Å². The summed E-state index contributed by atoms with van der Waals surface area (Å²) in [6, 6.07) is 0.199. The van der Waals surface area contributed by atoms with Crippen molar-refractivity contribution in [2.24, 2.45) is 5.84 Å². The maximum atomic E-state index is 5.79. The van der Waals surface area contributed by atoms with E-state index in [0.29, 0.717) is 0 Å². The standard InChI is InChI=1S/C13H26N2O/c1-4-11(2)10-12(15-14)13(16-3)8-6-5-7-9-13/h12,15H,2,4-10,14H2,1,3H3. The SMILES string of the molecule is C=C(CC)CC(NN)C1(OC)CCCCC1. The van der Waals surface area contributed by atoms with Crippen LogP contribution in [0, 0.1) is 0 Å². The molecule has 1 fully saturated rings. The Hall–Kier alpha value is -0.380. The molecule has 0 spiro atoms. The molecule has 1 aliphatic carbocycles. The molecule has 1 saturated carbocycles. The summed E-state index contributed by atoms with van der Waals surface area (Å²) in [5.74, 6) is 5.70. The van der Waals surface area contributed by atoms with Crippen LogP contribution in [-0.2, 0) is 4.74 Å². The first-order valence-electron chi connectivity index (χ1n) is 6.36. The van der Waals surface area contributed by atoms with Crippen molar-refractivity contribution in [1.82, 2.24) is 5.43 Å². The minimum atomic E-state index is -0.0783. The van der Waals surface area contributed by atoms with E-state index in [-0.39, 0.29) is 11.6 Å². The molecule has 0 bridgehead atoms. The van der Waals surface area contributed by atoms with Gasteiger partial charge in [-0.15, -0.1) is 0 Å². The zero-order valence-electron chi connectivity index (χ0n) is 10.7. The number of hydrogen-bond donors (Lipinski definition) is 2. The van der Waals surface area contributed by atoms with E-state index in [1.165, 1.54) is 24.8 Å². The van der Waals surface area contributed by atoms with Crippen molar-refractivity contribution in [2.75, 3.05) is 7.11 Å². The molecule has 1 unspecified atom stereocenters. The van der Waals surface area contributed by atoms with Crippen molar-refractivity contribution < 1.29 is 4.74 Å². The van der Waals surface area contributed by atoms with Crippen molar-refractivity contribution >= 4 is 0 Å². The molecule has 0 saturated heterocycles. The molecule has 0 aromatic carbocycles. The van der Waals surface area contributed by atoms with E-state index >= 15 is 0 Å². The zero-order valence-corrected chi connectivity index (χ0v) is 10.7. The van der Waals surface area contributed by atoms with Gasteiger partial charge in [-0.3, -0.25) is 11.3 Å². The van der Waals surface area contributed by atoms with Crippen molar-refractivity contribution in [1.29, 1.82) is 0 Å². The van der Waals surface area contributed by atoms with E-state index in [1.807, 2.05) is 7.11 Å². The second-order valence-corrected chi connectivity index (χ2v) is 4.86. The molecule has 3 nitrogen and oxygen atoms in total. The van der Waals surface area contributed by atoms with Crippen LogP contribution in [0.3, 0.4) is 0 Å². The highest BCUT2D eigenvalue weighted by atomic mass is 16.5. The van der Waals surface area contributed by atoms with Gasteiger partial charge in [-0.05, 0) is 25.7 Å². The van der Waals surface area contributed by atoms with E-state index < -0.39 is 0 Å². The summed E-state index contributed by atoms with van der Waals surface area (Å²) < 4.78 is 5.79. The normalized spacial score (nSPS) is 21.7. The van der Waals surface area contributed by atoms with Gasteiger partial charge in [-0.25, -0.2) is 0 Å². The van der Waals surface area contributed by atoms with Gasteiger partial charge in [0.15, 0.2) is 0 Å². The fraction of sp³-hybridized carbons (Fsp3) is 0.846. The molecule has 0 aromatic rings. The largest absolute Gasteiger partial charge is 0.377 e. The topological polar surface area (TPSA) is 47.3 Å². The summed E-state index contributed by atoms with van der Waals surface area (Å²) in [6.07, 6.45) is 7.94. The number of hydrogen-bond acceptors (Lipinski definition) is 3. The zero-order chi connectivity index (χ0) is 12.0. The van der Waals surface area contributed by atoms with Crippen LogP contribution >= 0.6 is 0 Å². The second-order valence-electron chi connectivity index (χ2n) is 4.86. The smallest absolute Gasteiger partial charge is 0.0847 e. The maximum Gasteiger partial charge on any atom is 0.0847 e. The van der Waals surface area contributed by atoms with Gasteiger partial charge in [0, 0.05) is 7.11 Å². The highest BCUT2D eigenvalue weighted by molar-refractivity contribution is 5.04. The summed E-state index contributed by atoms with van der Waals surface area (Å²) in [5, 5.41) is 0. The molecule has 1 rings (SSSR count). The lowest BCUT2D eigenvalue weighted by molar-refractivity contribution is -0.0674. The molecular weight excluding hydrogens is 200 g/mol. The molecule has 0 amide bonds. The van der Waals surface area contributed by atoms with Gasteiger partial charge < -0.3 is 4.74 Å². The van der Waals surface area contributed by atoms with E-state index in [9.17, 15) is 0 Å². The Morgan fingerprint density at radius 2 is 2.06 bits per heavy atom. The molecule has 1 aliphatic rings. The lowest BCUT2D eigenvalue weighted by atomic mass is 9.77. The number of rotatable bonds is 6. The second kappa shape index (κ2) is 6.38. The molecule has 3 heteroatoms. The van der Waals surface area contributed by atoms with E-state index in [4.69, 9.17) is 10.6 Å². The molecule has 94 valence electrons. The van der Waals surface area contributed by atoms with E-state index in [0.717, 1.165) is 25.7 Å². The summed E-state index contributed by atoms with van der Waals surface area (Å²) in [4.78, 5) is 0. The minimum Gasteiger partial charge on any atom is -0.377 e. The highest BCUT2D eigenvalue weighted by Gasteiger charge is 2.39. The van der Waals surface area contributed by atoms with Crippen LogP contribution in [0.5, 0.6) is 0 Å². The Morgan fingerprint density at radius 1 is 1.44 bits per heavy atom. The number of ether oxygens (including phenoxy) is 1. The lowest BCUT2D eigenvalue weighted by Crippen LogP contribution is -2.55. The predicted molar refractivity (Wildman–Crippen MR) is 68.0 cm³/mol. The van der Waals surface area contributed by atoms with Gasteiger partial charge in [0.1, 0.15) is 0 Å². The molecule has 0 heterocycles. The van der Waals surface area contributed by atoms with Gasteiger partial charge in [0.25, 0.3) is 0 Å². The first-order valence-corrected chi connectivity index (χ1v) is 6.36. The number of methoxy groups -OCH3 is 1. The maximum absolute atomic E-state index is 5.79. The monoisotopic (exact) mass is 226 g/mol. The molecule has 0 radical (unpaired) electrons. The Kier molecular flexibility index (Phi) is 5.46. The molecule has 1 atom stereocenters. The Bertz CT molecular complexity index is 222. The summed E-state index contributed by atoms with van der Waals surface area (Å²) in [5.41, 5.74) is 4.11. The van der Waals surface area contributed by atoms with Gasteiger partial charge in [0.2, 0.25) is 0 Å². The Labute approximate surface area is 99.4 Å². The number of nitrogens with one attached hydrogen (secondary N) is 1. The third-order valence-electron chi connectivity index (χ3n) is 3.94. The summed E-state index contributed by atoms with van der Waals surface area (Å²) in [6.45, 7) is 6.21. The van der Waals surface area contributed by atoms with Crippen molar-refractivity contribution in [2.45, 2.75) is 63.5 Å². The van der Waals surface area contributed by atoms with Crippen molar-refractivity contribution in [3.63, 3.8) is 0 Å². The minimum absolute atomic E-state index is 0.0783. The third-order valence-corrected chi connectivity index (χ3v) is 3.94. The first-order chi connectivity index (χ1) is 7.68. The molecule has 16 heavy (non-hydrogen) atoms. The van der Waals surface area contributed by atoms with Gasteiger partial charge in [-0.1, -0.05) is 38.3 Å². The molecule has 3 N–H and O–H groups in total. The third kappa shape index (κ3) is 3.06. The van der Waals surface area contributed by atoms with Crippen LogP contribution in [0.2, 0.25) is 0 Å². The Morgan fingerprint density at radius 3 is 2.50 bits per heavy atom. The first kappa shape index (κ1) is 13.7.